The molecule has 4 aliphatic heterocycles. The Bertz CT molecular complexity index is 2040. The minimum atomic E-state index is -4.64. The topological polar surface area (TPSA) is 229 Å². The number of aldehydes is 1. The van der Waals surface area contributed by atoms with Gasteiger partial charge >= 0.3 is 109 Å². The number of benzene rings is 2. The summed E-state index contributed by atoms with van der Waals surface area (Å²) >= 11 is 12.1. The first-order valence-electron chi connectivity index (χ1n) is 22.8. The van der Waals surface area contributed by atoms with E-state index in [-0.39, 0.29) is 142 Å². The maximum absolute atomic E-state index is 10.4. The summed E-state index contributed by atoms with van der Waals surface area (Å²) in [6, 6.07) is 18.2. The summed E-state index contributed by atoms with van der Waals surface area (Å²) in [5, 5.41) is 27.8. The van der Waals surface area contributed by atoms with Gasteiger partial charge in [-0.2, -0.15) is 28.4 Å². The van der Waals surface area contributed by atoms with Gasteiger partial charge in [0, 0.05) is 81.3 Å². The van der Waals surface area contributed by atoms with Crippen molar-refractivity contribution in [3.05, 3.63) is 69.7 Å². The number of halogens is 5. The number of ether oxygens (including phenoxy) is 4. The van der Waals surface area contributed by atoms with E-state index in [4.69, 9.17) is 68.0 Å². The third kappa shape index (κ3) is 25.4. The van der Waals surface area contributed by atoms with E-state index in [0.29, 0.717) is 42.7 Å². The Labute approximate surface area is 525 Å². The van der Waals surface area contributed by atoms with Crippen LogP contribution < -0.4 is 124 Å². The third-order valence-corrected chi connectivity index (χ3v) is 13.3. The summed E-state index contributed by atoms with van der Waals surface area (Å²) in [5.74, 6) is 1.05. The first-order valence-corrected chi connectivity index (χ1v) is 23.6. The smallest absolute Gasteiger partial charge is 1.00 e. The van der Waals surface area contributed by atoms with E-state index in [9.17, 15) is 13.2 Å². The van der Waals surface area contributed by atoms with E-state index in [1.807, 2.05) is 24.3 Å². The molecule has 3 aromatic rings. The molecule has 0 saturated carbocycles. The maximum Gasteiger partial charge on any atom is 1.00 e. The molecule has 2 aromatic carbocycles. The third-order valence-electron chi connectivity index (χ3n) is 12.8. The van der Waals surface area contributed by atoms with Crippen LogP contribution in [0.2, 0.25) is 10.0 Å². The molecule has 4 atom stereocenters. The summed E-state index contributed by atoms with van der Waals surface area (Å²) in [5.41, 5.74) is 7.70. The van der Waals surface area contributed by atoms with Crippen LogP contribution in [0.3, 0.4) is 0 Å². The second-order valence-electron chi connectivity index (χ2n) is 18.0. The standard InChI is InChI=1S/C22H33ClN6O2.C20H31ClN2O2.C2HF3O.C2H2N2.CH2O3.CH4.2K.H/c1-22(2,30-3)19-13-29(18(14-31-19)12-15-4-6-16(23)7-5-15)17-8-10-28(11-9-17)21-25-20(24)26-27-21;1-20(2,24-3)19-13-23(17-8-10-22-11-9-17)18(14-25-19)12-15-4-6-16(21)7-5-15;3-2(4,5)1-6;1-4-2-3;2-1-4-3;;;;/h4-7,17-19H,8-14H2,1-3H3,(H3,24,25,26,27);4-7,17-19,22H,8-14H2,1-3H3;1H;1H2;1,3H;1H4;;;/q;;;;;;2*+1;-1/p-1/t2*18?,19-;;;;;;;/m11......./s1. The number of piperidine rings is 2. The molecule has 0 spiro atoms. The Morgan fingerprint density at radius 3 is 1.56 bits per heavy atom. The number of aromatic amines is 1. The molecule has 4 fully saturated rings. The molecule has 4 aliphatic rings. The number of anilines is 2. The van der Waals surface area contributed by atoms with Gasteiger partial charge in [-0.3, -0.25) is 19.4 Å². The Morgan fingerprint density at radius 2 is 1.25 bits per heavy atom. The number of carbonyl (C=O) groups excluding carboxylic acids is 2. The monoisotopic (exact) mass is 1120 g/mol. The van der Waals surface area contributed by atoms with Crippen LogP contribution in [0.1, 0.15) is 73.4 Å². The van der Waals surface area contributed by atoms with Gasteiger partial charge in [0.25, 0.3) is 6.47 Å². The molecule has 25 heteroatoms. The number of morpholine rings is 2. The normalized spacial score (nSPS) is 20.7. The molecule has 18 nitrogen and oxygen atoms in total. The van der Waals surface area contributed by atoms with Gasteiger partial charge in [-0.1, -0.05) is 54.9 Å². The zero-order valence-electron chi connectivity index (χ0n) is 43.7. The van der Waals surface area contributed by atoms with E-state index in [0.717, 1.165) is 81.6 Å². The van der Waals surface area contributed by atoms with Crippen LogP contribution in [0.15, 0.2) is 53.5 Å². The zero-order valence-corrected chi connectivity index (χ0v) is 50.5. The van der Waals surface area contributed by atoms with E-state index >= 15 is 0 Å². The summed E-state index contributed by atoms with van der Waals surface area (Å²) in [6.45, 7) is 18.4. The van der Waals surface area contributed by atoms with Gasteiger partial charge < -0.3 is 46.5 Å². The van der Waals surface area contributed by atoms with Crippen molar-refractivity contribution in [3.8, 4) is 6.19 Å². The second kappa shape index (κ2) is 36.8. The molecule has 7 rings (SSSR count). The molecule has 0 bridgehead atoms. The number of rotatable bonds is 12. The Morgan fingerprint density at radius 1 is 0.863 bits per heavy atom. The van der Waals surface area contributed by atoms with Crippen LogP contribution >= 0.6 is 23.2 Å². The summed E-state index contributed by atoms with van der Waals surface area (Å²) in [6.07, 6.45) is 2.33. The average Bonchev–Trinajstić information content (AvgIpc) is 3.82. The van der Waals surface area contributed by atoms with Crippen LogP contribution in [0.25, 0.3) is 0 Å². The van der Waals surface area contributed by atoms with Gasteiger partial charge in [0.15, 0.2) is 0 Å². The summed E-state index contributed by atoms with van der Waals surface area (Å²) in [7, 11) is 3.53. The number of hydrogen-bond acceptors (Lipinski definition) is 17. The molecular weight excluding hydrogens is 1050 g/mol. The minimum Gasteiger partial charge on any atom is -1.00 e. The molecule has 1 aromatic heterocycles. The van der Waals surface area contributed by atoms with Gasteiger partial charge in [-0.25, -0.2) is 5.10 Å². The van der Waals surface area contributed by atoms with Crippen molar-refractivity contribution < 1.29 is 156 Å². The van der Waals surface area contributed by atoms with E-state index in [2.05, 4.69) is 104 Å². The predicted octanol–water partition coefficient (Wildman–Crippen LogP) is -0.0179. The number of nitrogen functional groups attached to an aromatic ring is 1. The Hall–Kier alpha value is -1.20. The fourth-order valence-corrected chi connectivity index (χ4v) is 8.76. The summed E-state index contributed by atoms with van der Waals surface area (Å²) < 4.78 is 55.3. The number of methoxy groups -OCH3 is 2. The molecule has 4 N–H and O–H groups in total. The van der Waals surface area contributed by atoms with Crippen molar-refractivity contribution in [3.63, 3.8) is 0 Å². The number of nitrogens with two attached hydrogens (primary N) is 1. The average molecular weight is 1120 g/mol. The molecule has 0 radical (unpaired) electrons. The predicted molar refractivity (Wildman–Crippen MR) is 267 cm³/mol. The number of aliphatic imine (C=N–C) groups is 1. The van der Waals surface area contributed by atoms with Gasteiger partial charge in [-0.05, 0) is 115 Å². The largest absolute Gasteiger partial charge is 1.00 e. The number of alkyl halides is 3. The quantitative estimate of drug-likeness (QED) is 0.0541. The van der Waals surface area contributed by atoms with Crippen LogP contribution in [-0.4, -0.2) is 165 Å². The van der Waals surface area contributed by atoms with Crippen molar-refractivity contribution in [2.45, 2.75) is 127 Å². The maximum atomic E-state index is 10.4. The van der Waals surface area contributed by atoms with Crippen molar-refractivity contribution in [1.82, 2.24) is 30.3 Å². The van der Waals surface area contributed by atoms with Gasteiger partial charge in [0.05, 0.1) is 36.6 Å². The first-order chi connectivity index (χ1) is 33.2. The number of hydrogen-bond donors (Lipinski definition) is 3. The van der Waals surface area contributed by atoms with E-state index < -0.39 is 12.5 Å². The number of nitriles is 1. The molecule has 0 amide bonds. The molecule has 400 valence electrons. The van der Waals surface area contributed by atoms with Crippen molar-refractivity contribution in [1.29, 1.82) is 5.26 Å². The molecule has 4 saturated heterocycles. The van der Waals surface area contributed by atoms with Crippen molar-refractivity contribution in [2.24, 2.45) is 4.99 Å². The number of nitrogens with one attached hydrogen (secondary N) is 2. The molecule has 0 aliphatic carbocycles. The second-order valence-corrected chi connectivity index (χ2v) is 18.8. The summed E-state index contributed by atoms with van der Waals surface area (Å²) in [4.78, 5) is 34.6. The van der Waals surface area contributed by atoms with Crippen LogP contribution in [0.4, 0.5) is 25.1 Å². The van der Waals surface area contributed by atoms with Gasteiger partial charge in [0.1, 0.15) is 0 Å². The van der Waals surface area contributed by atoms with E-state index in [1.54, 1.807) is 14.2 Å². The first kappa shape index (κ1) is 71.8. The zero-order chi connectivity index (χ0) is 51.9. The van der Waals surface area contributed by atoms with Crippen LogP contribution in [0, 0.1) is 11.5 Å². The number of carbonyl (C=O) groups is 2. The van der Waals surface area contributed by atoms with Crippen molar-refractivity contribution >= 4 is 54.6 Å². The molecule has 2 unspecified atom stereocenters. The van der Waals surface area contributed by atoms with E-state index in [1.165, 1.54) is 30.2 Å². The fraction of sp³-hybridized carbons (Fsp3) is 0.625. The molecular formula is C48H73Cl2F3K2N10O8. The van der Waals surface area contributed by atoms with Crippen molar-refractivity contribution in [2.75, 3.05) is 77.3 Å². The Balaban J connectivity index is 0. The minimum absolute atomic E-state index is 0. The Kier molecular flexibility index (Phi) is 36.2. The SMILES string of the molecule is C.C=NC#N.COC(C)(C)[C@H]1CN(C2CCN(c3n[nH]c(N)n3)CC2)C(Cc2ccc(Cl)cc2)CO1.COC(C)(C)[C@H]1CN(C2CCNCC2)C(Cc2ccc(Cl)cc2)CO1.O=CC(F)(F)F.O=CO[O-].[H-].[K+].[K+]. The number of H-pyrrole nitrogens is 1. The fourth-order valence-electron chi connectivity index (χ4n) is 8.51. The van der Waals surface area contributed by atoms with Gasteiger partial charge in [0.2, 0.25) is 24.4 Å². The van der Waals surface area contributed by atoms with Gasteiger partial charge in [-0.15, -0.1) is 5.10 Å². The number of aromatic nitrogens is 3. The van der Waals surface area contributed by atoms with Crippen LogP contribution in [0.5, 0.6) is 0 Å². The molecule has 73 heavy (non-hydrogen) atoms. The van der Waals surface area contributed by atoms with Crippen LogP contribution in [-0.2, 0) is 46.3 Å². The molecule has 5 heterocycles. The number of nitrogens with zero attached hydrogens (tertiary/aromatic N) is 7.